The average molecular weight is 298 g/mol. The molecular weight excluding hydrogens is 278 g/mol. The smallest absolute Gasteiger partial charge is 0.317 e. The van der Waals surface area contributed by atoms with Crippen LogP contribution in [-0.2, 0) is 5.41 Å². The third-order valence-corrected chi connectivity index (χ3v) is 3.96. The summed E-state index contributed by atoms with van der Waals surface area (Å²) in [7, 11) is 0. The van der Waals surface area contributed by atoms with E-state index in [0.29, 0.717) is 19.4 Å². The fourth-order valence-corrected chi connectivity index (χ4v) is 2.55. The summed E-state index contributed by atoms with van der Waals surface area (Å²) < 4.78 is 27.7. The van der Waals surface area contributed by atoms with E-state index in [1.807, 2.05) is 0 Å². The number of carbonyl (C=O) groups excluding carboxylic acids is 1. The molecular formula is C15H20F2N2O2. The monoisotopic (exact) mass is 298 g/mol. The fourth-order valence-electron chi connectivity index (χ4n) is 2.55. The van der Waals surface area contributed by atoms with Gasteiger partial charge < -0.3 is 15.3 Å². The molecule has 0 radical (unpaired) electrons. The Morgan fingerprint density at radius 2 is 2.00 bits per heavy atom. The molecule has 116 valence electrons. The van der Waals surface area contributed by atoms with Crippen LogP contribution in [-0.4, -0.2) is 42.3 Å². The summed E-state index contributed by atoms with van der Waals surface area (Å²) in [6, 6.07) is 3.49. The van der Waals surface area contributed by atoms with Gasteiger partial charge in [0.2, 0.25) is 0 Å². The quantitative estimate of drug-likeness (QED) is 0.844. The van der Waals surface area contributed by atoms with Crippen LogP contribution in [0.3, 0.4) is 0 Å². The zero-order chi connectivity index (χ0) is 15.5. The van der Waals surface area contributed by atoms with Crippen LogP contribution in [0.5, 0.6) is 0 Å². The number of halogens is 2. The van der Waals surface area contributed by atoms with Crippen molar-refractivity contribution in [3.8, 4) is 0 Å². The van der Waals surface area contributed by atoms with Gasteiger partial charge in [-0.1, -0.05) is 6.07 Å². The van der Waals surface area contributed by atoms with Crippen molar-refractivity contribution >= 4 is 6.03 Å². The van der Waals surface area contributed by atoms with Gasteiger partial charge in [-0.15, -0.1) is 0 Å². The molecule has 1 aliphatic rings. The number of hydrogen-bond donors (Lipinski definition) is 2. The van der Waals surface area contributed by atoms with E-state index in [-0.39, 0.29) is 31.3 Å². The van der Waals surface area contributed by atoms with E-state index in [0.717, 1.165) is 0 Å². The predicted octanol–water partition coefficient (Wildman–Crippen LogP) is 2.02. The topological polar surface area (TPSA) is 52.6 Å². The summed E-state index contributed by atoms with van der Waals surface area (Å²) in [6.45, 7) is 2.59. The molecule has 0 unspecified atom stereocenters. The van der Waals surface area contributed by atoms with Gasteiger partial charge in [-0.05, 0) is 31.9 Å². The van der Waals surface area contributed by atoms with Crippen molar-refractivity contribution in [3.05, 3.63) is 35.4 Å². The highest BCUT2D eigenvalue weighted by molar-refractivity contribution is 5.74. The van der Waals surface area contributed by atoms with Crippen LogP contribution in [0.2, 0.25) is 0 Å². The molecule has 21 heavy (non-hydrogen) atoms. The summed E-state index contributed by atoms with van der Waals surface area (Å²) in [5.41, 5.74) is -0.570. The zero-order valence-electron chi connectivity index (χ0n) is 12.0. The number of nitrogens with zero attached hydrogens (tertiary/aromatic N) is 1. The molecule has 6 heteroatoms. The second-order valence-electron chi connectivity index (χ2n) is 5.34. The number of urea groups is 1. The zero-order valence-corrected chi connectivity index (χ0v) is 12.0. The molecule has 0 aliphatic heterocycles. The summed E-state index contributed by atoms with van der Waals surface area (Å²) in [4.78, 5) is 13.4. The third kappa shape index (κ3) is 3.32. The Hall–Kier alpha value is -1.69. The molecule has 0 spiro atoms. The number of amides is 2. The Bertz CT molecular complexity index is 498. The Morgan fingerprint density at radius 1 is 1.38 bits per heavy atom. The van der Waals surface area contributed by atoms with Gasteiger partial charge in [-0.2, -0.15) is 0 Å². The molecule has 0 aromatic heterocycles. The number of likely N-dealkylation sites (N-methyl/N-ethyl adjacent to an activating group) is 1. The van der Waals surface area contributed by atoms with Crippen molar-refractivity contribution in [2.75, 3.05) is 26.2 Å². The average Bonchev–Trinajstić information content (AvgIpc) is 3.23. The standard InChI is InChI=1S/C15H20F2N2O2/c1-2-19(8-9-20)14(21)18-10-15(6-7-15)13-11(16)4-3-5-12(13)17/h3-5,20H,2,6-10H2,1H3,(H,18,21). The largest absolute Gasteiger partial charge is 0.395 e. The molecule has 0 heterocycles. The van der Waals surface area contributed by atoms with Gasteiger partial charge >= 0.3 is 6.03 Å². The number of aliphatic hydroxyl groups is 1. The second kappa shape index (κ2) is 6.39. The van der Waals surface area contributed by atoms with E-state index >= 15 is 0 Å². The van der Waals surface area contributed by atoms with E-state index in [4.69, 9.17) is 5.11 Å². The lowest BCUT2D eigenvalue weighted by atomic mass is 9.94. The van der Waals surface area contributed by atoms with Crippen molar-refractivity contribution in [3.63, 3.8) is 0 Å². The normalized spacial score (nSPS) is 15.6. The van der Waals surface area contributed by atoms with Gasteiger partial charge in [0.25, 0.3) is 0 Å². The van der Waals surface area contributed by atoms with Crippen LogP contribution >= 0.6 is 0 Å². The SMILES string of the molecule is CCN(CCO)C(=O)NCC1(c2c(F)cccc2F)CC1. The number of hydrogen-bond acceptors (Lipinski definition) is 2. The molecule has 2 rings (SSSR count). The van der Waals surface area contributed by atoms with Crippen molar-refractivity contribution in [1.29, 1.82) is 0 Å². The van der Waals surface area contributed by atoms with Crippen molar-refractivity contribution in [1.82, 2.24) is 10.2 Å². The maximum atomic E-state index is 13.9. The molecule has 1 saturated carbocycles. The van der Waals surface area contributed by atoms with Crippen LogP contribution in [0.1, 0.15) is 25.3 Å². The first-order chi connectivity index (χ1) is 10.0. The number of rotatable bonds is 6. The molecule has 4 nitrogen and oxygen atoms in total. The van der Waals surface area contributed by atoms with Crippen molar-refractivity contribution in [2.24, 2.45) is 0 Å². The molecule has 1 aromatic rings. The summed E-state index contributed by atoms with van der Waals surface area (Å²) in [5.74, 6) is -1.13. The van der Waals surface area contributed by atoms with Gasteiger partial charge in [-0.3, -0.25) is 0 Å². The lowest BCUT2D eigenvalue weighted by Gasteiger charge is -2.23. The van der Waals surface area contributed by atoms with Crippen molar-refractivity contribution in [2.45, 2.75) is 25.2 Å². The highest BCUT2D eigenvalue weighted by atomic mass is 19.1. The van der Waals surface area contributed by atoms with E-state index in [1.165, 1.54) is 23.1 Å². The van der Waals surface area contributed by atoms with E-state index in [2.05, 4.69) is 5.32 Å². The molecule has 1 fully saturated rings. The molecule has 1 aromatic carbocycles. The molecule has 0 saturated heterocycles. The van der Waals surface area contributed by atoms with Crippen LogP contribution in [0, 0.1) is 11.6 Å². The summed E-state index contributed by atoms with van der Waals surface area (Å²) in [6.07, 6.45) is 1.30. The van der Waals surface area contributed by atoms with Gasteiger partial charge in [-0.25, -0.2) is 13.6 Å². The maximum absolute atomic E-state index is 13.9. The number of nitrogens with one attached hydrogen (secondary N) is 1. The first kappa shape index (κ1) is 15.7. The second-order valence-corrected chi connectivity index (χ2v) is 5.34. The van der Waals surface area contributed by atoms with Gasteiger partial charge in [0.15, 0.2) is 0 Å². The van der Waals surface area contributed by atoms with Gasteiger partial charge in [0, 0.05) is 30.6 Å². The molecule has 2 N–H and O–H groups in total. The predicted molar refractivity (Wildman–Crippen MR) is 75.0 cm³/mol. The molecule has 0 atom stereocenters. The third-order valence-electron chi connectivity index (χ3n) is 3.96. The van der Waals surface area contributed by atoms with E-state index < -0.39 is 17.0 Å². The summed E-state index contributed by atoms with van der Waals surface area (Å²) in [5, 5.41) is 11.6. The van der Waals surface area contributed by atoms with E-state index in [9.17, 15) is 13.6 Å². The lowest BCUT2D eigenvalue weighted by Crippen LogP contribution is -2.44. The first-order valence-electron chi connectivity index (χ1n) is 7.12. The number of benzene rings is 1. The Balaban J connectivity index is 2.04. The summed E-state index contributed by atoms with van der Waals surface area (Å²) >= 11 is 0. The van der Waals surface area contributed by atoms with Crippen LogP contribution in [0.25, 0.3) is 0 Å². The maximum Gasteiger partial charge on any atom is 0.317 e. The minimum Gasteiger partial charge on any atom is -0.395 e. The van der Waals surface area contributed by atoms with E-state index in [1.54, 1.807) is 6.92 Å². The first-order valence-corrected chi connectivity index (χ1v) is 7.12. The highest BCUT2D eigenvalue weighted by Gasteiger charge is 2.48. The highest BCUT2D eigenvalue weighted by Crippen LogP contribution is 2.49. The molecule has 2 amide bonds. The minimum absolute atomic E-state index is 0.0653. The molecule has 1 aliphatic carbocycles. The number of carbonyl (C=O) groups is 1. The Kier molecular flexibility index (Phi) is 4.77. The Morgan fingerprint density at radius 3 is 2.48 bits per heavy atom. The Labute approximate surface area is 122 Å². The molecule has 0 bridgehead atoms. The van der Waals surface area contributed by atoms with Crippen LogP contribution in [0.4, 0.5) is 13.6 Å². The number of aliphatic hydroxyl groups excluding tert-OH is 1. The van der Waals surface area contributed by atoms with Crippen molar-refractivity contribution < 1.29 is 18.7 Å². The van der Waals surface area contributed by atoms with Gasteiger partial charge in [0.05, 0.1) is 6.61 Å². The lowest BCUT2D eigenvalue weighted by molar-refractivity contribution is 0.179. The van der Waals surface area contributed by atoms with Crippen LogP contribution < -0.4 is 5.32 Å². The van der Waals surface area contributed by atoms with Gasteiger partial charge in [0.1, 0.15) is 11.6 Å². The van der Waals surface area contributed by atoms with Crippen LogP contribution in [0.15, 0.2) is 18.2 Å². The minimum atomic E-state index is -0.635. The fraction of sp³-hybridized carbons (Fsp3) is 0.533.